The summed E-state index contributed by atoms with van der Waals surface area (Å²) < 4.78 is 5.33. The summed E-state index contributed by atoms with van der Waals surface area (Å²) in [6.45, 7) is 2.18. The number of benzene rings is 2. The number of rotatable bonds is 7. The molecule has 3 rings (SSSR count). The number of nitrogens with zero attached hydrogens (tertiary/aromatic N) is 1. The number of ether oxygens (including phenoxy) is 1. The van der Waals surface area contributed by atoms with Crippen LogP contribution in [0, 0.1) is 5.92 Å². The first kappa shape index (κ1) is 17.7. The molecular weight excluding hydrogens is 334 g/mol. The predicted octanol–water partition coefficient (Wildman–Crippen LogP) is 4.47. The van der Waals surface area contributed by atoms with Crippen LogP contribution < -0.4 is 0 Å². The topological polar surface area (TPSA) is 38.7 Å². The Morgan fingerprint density at radius 2 is 1.68 bits per heavy atom. The summed E-state index contributed by atoms with van der Waals surface area (Å²) in [5, 5.41) is 0. The van der Waals surface area contributed by atoms with Gasteiger partial charge in [0.2, 0.25) is 0 Å². The number of esters is 1. The van der Waals surface area contributed by atoms with Crippen LogP contribution in [0.1, 0.15) is 30.9 Å². The van der Waals surface area contributed by atoms with Crippen molar-refractivity contribution in [2.75, 3.05) is 12.5 Å². The number of hydrogen-bond acceptors (Lipinski definition) is 3. The lowest BCUT2D eigenvalue weighted by molar-refractivity contribution is -0.146. The van der Waals surface area contributed by atoms with Gasteiger partial charge in [-0.1, -0.05) is 60.7 Å². The molecule has 1 saturated carbocycles. The van der Waals surface area contributed by atoms with Crippen molar-refractivity contribution in [1.29, 1.82) is 0 Å². The predicted molar refractivity (Wildman–Crippen MR) is 101 cm³/mol. The lowest BCUT2D eigenvalue weighted by Crippen LogP contribution is -2.28. The second-order valence-electron chi connectivity index (χ2n) is 6.22. The summed E-state index contributed by atoms with van der Waals surface area (Å²) in [4.78, 5) is 17.6. The van der Waals surface area contributed by atoms with Crippen LogP contribution in [0.4, 0.5) is 0 Å². The third-order valence-corrected chi connectivity index (χ3v) is 4.78. The van der Waals surface area contributed by atoms with Crippen LogP contribution >= 0.6 is 11.6 Å². The molecule has 4 heteroatoms. The molecule has 2 atom stereocenters. The molecule has 0 amide bonds. The fourth-order valence-electron chi connectivity index (χ4n) is 3.17. The van der Waals surface area contributed by atoms with Crippen molar-refractivity contribution in [3.8, 4) is 0 Å². The van der Waals surface area contributed by atoms with Gasteiger partial charge in [-0.2, -0.15) is 0 Å². The average molecular weight is 356 g/mol. The number of halogens is 1. The van der Waals surface area contributed by atoms with E-state index in [9.17, 15) is 4.79 Å². The highest BCUT2D eigenvalue weighted by Crippen LogP contribution is 2.51. The standard InChI is InChI=1S/C21H22ClNO2/c1-2-25-20(24)21(15-18(21)13-14-22)23-19(16-9-5-3-6-10-16)17-11-7-4-8-12-17/h3-12,18H,2,13-15H2,1H3. The maximum Gasteiger partial charge on any atom is 0.334 e. The van der Waals surface area contributed by atoms with E-state index in [0.29, 0.717) is 18.9 Å². The lowest BCUT2D eigenvalue weighted by atomic mass is 10.0. The van der Waals surface area contributed by atoms with Gasteiger partial charge >= 0.3 is 5.97 Å². The number of aliphatic imine (C=N–C) groups is 1. The second-order valence-corrected chi connectivity index (χ2v) is 6.59. The summed E-state index contributed by atoms with van der Waals surface area (Å²) in [6, 6.07) is 19.9. The Kier molecular flexibility index (Phi) is 5.54. The maximum absolute atomic E-state index is 12.6. The molecule has 0 saturated heterocycles. The van der Waals surface area contributed by atoms with E-state index >= 15 is 0 Å². The van der Waals surface area contributed by atoms with Crippen LogP contribution in [0.3, 0.4) is 0 Å². The van der Waals surface area contributed by atoms with Crippen molar-refractivity contribution in [3.63, 3.8) is 0 Å². The molecule has 0 bridgehead atoms. The summed E-state index contributed by atoms with van der Waals surface area (Å²) in [6.07, 6.45) is 1.46. The summed E-state index contributed by atoms with van der Waals surface area (Å²) in [5.74, 6) is 0.425. The highest BCUT2D eigenvalue weighted by molar-refractivity contribution is 6.18. The van der Waals surface area contributed by atoms with Crippen LogP contribution in [-0.2, 0) is 9.53 Å². The van der Waals surface area contributed by atoms with Gasteiger partial charge in [0, 0.05) is 17.0 Å². The summed E-state index contributed by atoms with van der Waals surface area (Å²) in [7, 11) is 0. The van der Waals surface area contributed by atoms with Crippen LogP contribution in [0.5, 0.6) is 0 Å². The largest absolute Gasteiger partial charge is 0.464 e. The molecule has 0 aliphatic heterocycles. The van der Waals surface area contributed by atoms with E-state index in [0.717, 1.165) is 23.3 Å². The third kappa shape index (κ3) is 3.77. The van der Waals surface area contributed by atoms with Gasteiger partial charge in [-0.25, -0.2) is 4.79 Å². The molecule has 1 aliphatic carbocycles. The summed E-state index contributed by atoms with van der Waals surface area (Å²) >= 11 is 5.92. The molecule has 0 aromatic heterocycles. The van der Waals surface area contributed by atoms with Crippen molar-refractivity contribution in [3.05, 3.63) is 71.8 Å². The first-order chi connectivity index (χ1) is 12.2. The van der Waals surface area contributed by atoms with Crippen molar-refractivity contribution in [2.24, 2.45) is 10.9 Å². The van der Waals surface area contributed by atoms with E-state index in [1.807, 2.05) is 67.6 Å². The zero-order valence-electron chi connectivity index (χ0n) is 14.3. The molecule has 2 aromatic carbocycles. The average Bonchev–Trinajstić information content (AvgIpc) is 3.36. The number of hydrogen-bond donors (Lipinski definition) is 0. The first-order valence-electron chi connectivity index (χ1n) is 8.65. The molecular formula is C21H22ClNO2. The molecule has 25 heavy (non-hydrogen) atoms. The molecule has 1 aliphatic rings. The van der Waals surface area contributed by atoms with E-state index in [1.165, 1.54) is 0 Å². The van der Waals surface area contributed by atoms with E-state index in [4.69, 9.17) is 21.3 Å². The SMILES string of the molecule is CCOC(=O)C1(N=C(c2ccccc2)c2ccccc2)CC1CCCl. The Labute approximate surface area is 153 Å². The molecule has 2 unspecified atom stereocenters. The highest BCUT2D eigenvalue weighted by atomic mass is 35.5. The quantitative estimate of drug-likeness (QED) is 0.417. The number of carbonyl (C=O) groups is 1. The van der Waals surface area contributed by atoms with Crippen LogP contribution in [0.25, 0.3) is 0 Å². The van der Waals surface area contributed by atoms with Crippen LogP contribution in [-0.4, -0.2) is 29.7 Å². The van der Waals surface area contributed by atoms with Crippen LogP contribution in [0.15, 0.2) is 65.7 Å². The van der Waals surface area contributed by atoms with Gasteiger partial charge in [0.15, 0.2) is 5.54 Å². The van der Waals surface area contributed by atoms with Gasteiger partial charge < -0.3 is 4.74 Å². The normalized spacial score (nSPS) is 21.4. The van der Waals surface area contributed by atoms with E-state index < -0.39 is 5.54 Å². The summed E-state index contributed by atoms with van der Waals surface area (Å²) in [5.41, 5.74) is 2.01. The number of alkyl halides is 1. The molecule has 3 nitrogen and oxygen atoms in total. The Morgan fingerprint density at radius 3 is 2.16 bits per heavy atom. The fraction of sp³-hybridized carbons (Fsp3) is 0.333. The van der Waals surface area contributed by atoms with Gasteiger partial charge in [0.1, 0.15) is 0 Å². The van der Waals surface area contributed by atoms with Gasteiger partial charge in [0.05, 0.1) is 12.3 Å². The van der Waals surface area contributed by atoms with E-state index in [-0.39, 0.29) is 11.9 Å². The van der Waals surface area contributed by atoms with Gasteiger partial charge in [-0.3, -0.25) is 4.99 Å². The fourth-order valence-corrected chi connectivity index (χ4v) is 3.43. The smallest absolute Gasteiger partial charge is 0.334 e. The molecule has 2 aromatic rings. The van der Waals surface area contributed by atoms with E-state index in [2.05, 4.69) is 0 Å². The van der Waals surface area contributed by atoms with Gasteiger partial charge in [0.25, 0.3) is 0 Å². The van der Waals surface area contributed by atoms with Gasteiger partial charge in [-0.15, -0.1) is 11.6 Å². The highest BCUT2D eigenvalue weighted by Gasteiger charge is 2.61. The minimum absolute atomic E-state index is 0.145. The minimum atomic E-state index is -0.800. The number of carbonyl (C=O) groups excluding carboxylic acids is 1. The van der Waals surface area contributed by atoms with Crippen molar-refractivity contribution >= 4 is 23.3 Å². The zero-order valence-corrected chi connectivity index (χ0v) is 15.1. The Balaban J connectivity index is 2.06. The zero-order chi connectivity index (χ0) is 17.7. The van der Waals surface area contributed by atoms with Crippen LogP contribution in [0.2, 0.25) is 0 Å². The molecule has 130 valence electrons. The Hall–Kier alpha value is -2.13. The lowest BCUT2D eigenvalue weighted by Gasteiger charge is -2.15. The second kappa shape index (κ2) is 7.83. The molecule has 1 fully saturated rings. The first-order valence-corrected chi connectivity index (χ1v) is 9.18. The molecule has 0 radical (unpaired) electrons. The molecule has 0 spiro atoms. The third-order valence-electron chi connectivity index (χ3n) is 4.57. The monoisotopic (exact) mass is 355 g/mol. The minimum Gasteiger partial charge on any atom is -0.464 e. The molecule has 0 heterocycles. The van der Waals surface area contributed by atoms with E-state index in [1.54, 1.807) is 0 Å². The van der Waals surface area contributed by atoms with Crippen molar-refractivity contribution < 1.29 is 9.53 Å². The van der Waals surface area contributed by atoms with Crippen molar-refractivity contribution in [2.45, 2.75) is 25.3 Å². The van der Waals surface area contributed by atoms with Crippen molar-refractivity contribution in [1.82, 2.24) is 0 Å². The Morgan fingerprint density at radius 1 is 1.12 bits per heavy atom. The maximum atomic E-state index is 12.6. The molecule has 0 N–H and O–H groups in total. The van der Waals surface area contributed by atoms with Gasteiger partial charge in [-0.05, 0) is 25.7 Å². The Bertz CT molecular complexity index is 704.